The lowest BCUT2D eigenvalue weighted by molar-refractivity contribution is 0.394. The van der Waals surface area contributed by atoms with Crippen LogP contribution in [0.1, 0.15) is 12.5 Å². The van der Waals surface area contributed by atoms with Crippen LogP contribution in [0.3, 0.4) is 0 Å². The van der Waals surface area contributed by atoms with Gasteiger partial charge in [-0.1, -0.05) is 46.2 Å². The van der Waals surface area contributed by atoms with Gasteiger partial charge < -0.3 is 4.74 Å². The van der Waals surface area contributed by atoms with Gasteiger partial charge in [-0.25, -0.2) is 0 Å². The molecule has 0 aromatic heterocycles. The first kappa shape index (κ1) is 15.9. The summed E-state index contributed by atoms with van der Waals surface area (Å²) in [6.07, 6.45) is 0. The van der Waals surface area contributed by atoms with E-state index in [0.717, 1.165) is 22.9 Å². The van der Waals surface area contributed by atoms with Crippen molar-refractivity contribution < 1.29 is 4.74 Å². The maximum atomic E-state index is 5.61. The number of hydrogen-bond donors (Lipinski definition) is 0. The van der Waals surface area contributed by atoms with E-state index in [2.05, 4.69) is 24.1 Å². The first-order valence-corrected chi connectivity index (χ1v) is 9.22. The number of nitrogens with zero attached hydrogens (tertiary/aromatic N) is 2. The Labute approximate surface area is 133 Å². The summed E-state index contributed by atoms with van der Waals surface area (Å²) in [5.74, 6) is 2.60. The molecule has 0 saturated heterocycles. The van der Waals surface area contributed by atoms with Crippen molar-refractivity contribution in [1.29, 1.82) is 0 Å². The molecule has 2 aromatic rings. The zero-order valence-corrected chi connectivity index (χ0v) is 13.8. The molecule has 21 heavy (non-hydrogen) atoms. The summed E-state index contributed by atoms with van der Waals surface area (Å²) >= 11 is 0. The van der Waals surface area contributed by atoms with Crippen LogP contribution < -0.4 is 4.74 Å². The highest BCUT2D eigenvalue weighted by Gasteiger charge is 1.95. The van der Waals surface area contributed by atoms with Crippen molar-refractivity contribution in [3.63, 3.8) is 0 Å². The number of rotatable bonds is 7. The lowest BCUT2D eigenvalue weighted by Gasteiger charge is -2.04. The average molecular weight is 318 g/mol. The van der Waals surface area contributed by atoms with E-state index in [1.54, 1.807) is 21.6 Å². The second-order valence-electron chi connectivity index (χ2n) is 4.32. The number of aryl methyl sites for hydroxylation is 1. The lowest BCUT2D eigenvalue weighted by atomic mass is 10.2. The molecule has 5 heteroatoms. The van der Waals surface area contributed by atoms with Crippen LogP contribution in [-0.2, 0) is 0 Å². The van der Waals surface area contributed by atoms with E-state index < -0.39 is 0 Å². The van der Waals surface area contributed by atoms with Crippen molar-refractivity contribution in [2.24, 2.45) is 10.2 Å². The average Bonchev–Trinajstić information content (AvgIpc) is 2.52. The standard InChI is InChI=1S/C16H18N2OS2/c1-3-20-21-12-19-16-10-8-15(9-11-16)18-17-14-6-4-13(2)5-7-14/h4-11H,3,12H2,1-2H3. The summed E-state index contributed by atoms with van der Waals surface area (Å²) < 4.78 is 5.61. The quantitative estimate of drug-likeness (QED) is 0.266. The molecule has 0 unspecified atom stereocenters. The van der Waals surface area contributed by atoms with E-state index >= 15 is 0 Å². The highest BCUT2D eigenvalue weighted by Crippen LogP contribution is 2.24. The molecule has 0 bridgehead atoms. The SMILES string of the molecule is CCSSCOc1ccc(N=Nc2ccc(C)cc2)cc1. The largest absolute Gasteiger partial charge is 0.482 e. The Morgan fingerprint density at radius 2 is 1.43 bits per heavy atom. The van der Waals surface area contributed by atoms with E-state index in [1.165, 1.54) is 5.56 Å². The van der Waals surface area contributed by atoms with E-state index in [0.29, 0.717) is 5.94 Å². The topological polar surface area (TPSA) is 34.0 Å². The van der Waals surface area contributed by atoms with Crippen molar-refractivity contribution in [3.8, 4) is 5.75 Å². The first-order chi connectivity index (χ1) is 10.3. The van der Waals surface area contributed by atoms with E-state index in [4.69, 9.17) is 4.74 Å². The lowest BCUT2D eigenvalue weighted by Crippen LogP contribution is -1.90. The minimum Gasteiger partial charge on any atom is -0.482 e. The van der Waals surface area contributed by atoms with Crippen molar-refractivity contribution in [3.05, 3.63) is 54.1 Å². The zero-order chi connectivity index (χ0) is 14.9. The third-order valence-electron chi connectivity index (χ3n) is 2.63. The van der Waals surface area contributed by atoms with Gasteiger partial charge in [0, 0.05) is 5.75 Å². The molecular weight excluding hydrogens is 300 g/mol. The van der Waals surface area contributed by atoms with Gasteiger partial charge in [-0.15, -0.1) is 0 Å². The van der Waals surface area contributed by atoms with Gasteiger partial charge in [-0.3, -0.25) is 0 Å². The maximum Gasteiger partial charge on any atom is 0.144 e. The van der Waals surface area contributed by atoms with E-state index in [9.17, 15) is 0 Å². The van der Waals surface area contributed by atoms with Gasteiger partial charge in [-0.2, -0.15) is 10.2 Å². The fraction of sp³-hybridized carbons (Fsp3) is 0.250. The molecule has 110 valence electrons. The summed E-state index contributed by atoms with van der Waals surface area (Å²) in [4.78, 5) is 0. The number of azo groups is 1. The molecule has 0 spiro atoms. The number of ether oxygens (including phenoxy) is 1. The fourth-order valence-corrected chi connectivity index (χ4v) is 2.81. The van der Waals surface area contributed by atoms with Crippen LogP contribution in [0.15, 0.2) is 58.8 Å². The summed E-state index contributed by atoms with van der Waals surface area (Å²) in [5.41, 5.74) is 2.89. The van der Waals surface area contributed by atoms with Gasteiger partial charge in [-0.05, 0) is 43.3 Å². The number of hydrogen-bond acceptors (Lipinski definition) is 5. The highest BCUT2D eigenvalue weighted by atomic mass is 33.1. The number of benzene rings is 2. The second-order valence-corrected chi connectivity index (χ2v) is 7.01. The van der Waals surface area contributed by atoms with Gasteiger partial charge in [0.25, 0.3) is 0 Å². The molecule has 2 aromatic carbocycles. The Morgan fingerprint density at radius 1 is 0.857 bits per heavy atom. The molecule has 3 nitrogen and oxygen atoms in total. The molecule has 0 atom stereocenters. The van der Waals surface area contributed by atoms with Crippen LogP contribution in [0, 0.1) is 6.92 Å². The molecule has 0 N–H and O–H groups in total. The monoisotopic (exact) mass is 318 g/mol. The van der Waals surface area contributed by atoms with Crippen molar-refractivity contribution in [2.45, 2.75) is 13.8 Å². The first-order valence-electron chi connectivity index (χ1n) is 6.73. The van der Waals surface area contributed by atoms with Crippen molar-refractivity contribution in [2.75, 3.05) is 11.7 Å². The smallest absolute Gasteiger partial charge is 0.144 e. The third-order valence-corrected chi connectivity index (χ3v) is 4.74. The minimum absolute atomic E-state index is 0.655. The highest BCUT2D eigenvalue weighted by molar-refractivity contribution is 8.76. The molecule has 0 aliphatic heterocycles. The van der Waals surface area contributed by atoms with Crippen LogP contribution in [0.2, 0.25) is 0 Å². The normalized spacial score (nSPS) is 11.0. The van der Waals surface area contributed by atoms with Crippen molar-refractivity contribution >= 4 is 33.0 Å². The van der Waals surface area contributed by atoms with Gasteiger partial charge in [0.15, 0.2) is 0 Å². The van der Waals surface area contributed by atoms with E-state index in [1.807, 2.05) is 48.5 Å². The minimum atomic E-state index is 0.655. The molecular formula is C16H18N2OS2. The predicted octanol–water partition coefficient (Wildman–Crippen LogP) is 6.15. The van der Waals surface area contributed by atoms with Crippen LogP contribution >= 0.6 is 21.6 Å². The summed E-state index contributed by atoms with van der Waals surface area (Å²) in [7, 11) is 3.51. The maximum absolute atomic E-state index is 5.61. The Balaban J connectivity index is 1.88. The molecule has 0 aliphatic rings. The Kier molecular flexibility index (Phi) is 6.63. The molecule has 0 saturated carbocycles. The van der Waals surface area contributed by atoms with Crippen LogP contribution in [0.5, 0.6) is 5.75 Å². The molecule has 0 amide bonds. The Morgan fingerprint density at radius 3 is 2.00 bits per heavy atom. The molecule has 0 aliphatic carbocycles. The molecule has 0 heterocycles. The Bertz CT molecular complexity index is 568. The predicted molar refractivity (Wildman–Crippen MR) is 93.0 cm³/mol. The zero-order valence-electron chi connectivity index (χ0n) is 12.2. The van der Waals surface area contributed by atoms with Crippen LogP contribution in [-0.4, -0.2) is 11.7 Å². The summed E-state index contributed by atoms with van der Waals surface area (Å²) in [6.45, 7) is 4.18. The molecule has 0 radical (unpaired) electrons. The van der Waals surface area contributed by atoms with Gasteiger partial charge >= 0.3 is 0 Å². The third kappa shape index (κ3) is 5.81. The van der Waals surface area contributed by atoms with Gasteiger partial charge in [0.05, 0.1) is 11.4 Å². The second kappa shape index (κ2) is 8.74. The molecule has 2 rings (SSSR count). The van der Waals surface area contributed by atoms with Crippen LogP contribution in [0.4, 0.5) is 11.4 Å². The van der Waals surface area contributed by atoms with E-state index in [-0.39, 0.29) is 0 Å². The molecule has 0 fully saturated rings. The van der Waals surface area contributed by atoms with Crippen molar-refractivity contribution in [1.82, 2.24) is 0 Å². The summed E-state index contributed by atoms with van der Waals surface area (Å²) in [6, 6.07) is 15.6. The van der Waals surface area contributed by atoms with Gasteiger partial charge in [0.2, 0.25) is 0 Å². The Hall–Kier alpha value is -1.46. The summed E-state index contributed by atoms with van der Waals surface area (Å²) in [5, 5.41) is 8.43. The fourth-order valence-electron chi connectivity index (χ4n) is 1.55. The van der Waals surface area contributed by atoms with Gasteiger partial charge in [0.1, 0.15) is 11.7 Å². The van der Waals surface area contributed by atoms with Crippen LogP contribution in [0.25, 0.3) is 0 Å².